The number of aliphatic hydroxyl groups excluding tert-OH is 1. The maximum atomic E-state index is 12.9. The SMILES string of the molecule is O=C1[C@@H](CC[C@@H](O)c2ccccc2)[C@H](c2ccccc2)N1c1ccccc1. The van der Waals surface area contributed by atoms with Crippen molar-refractivity contribution in [1.29, 1.82) is 0 Å². The van der Waals surface area contributed by atoms with Gasteiger partial charge in [0.25, 0.3) is 0 Å². The van der Waals surface area contributed by atoms with Gasteiger partial charge in [0.1, 0.15) is 0 Å². The zero-order valence-electron chi connectivity index (χ0n) is 15.1. The molecular weight excluding hydrogens is 334 g/mol. The molecule has 1 fully saturated rings. The highest BCUT2D eigenvalue weighted by atomic mass is 16.3. The van der Waals surface area contributed by atoms with E-state index >= 15 is 0 Å². The Morgan fingerprint density at radius 3 is 2.00 bits per heavy atom. The summed E-state index contributed by atoms with van der Waals surface area (Å²) in [6.45, 7) is 0. The number of hydrogen-bond donors (Lipinski definition) is 1. The molecule has 1 amide bonds. The molecule has 0 aliphatic carbocycles. The Balaban J connectivity index is 1.54. The van der Waals surface area contributed by atoms with Gasteiger partial charge in [0.2, 0.25) is 5.91 Å². The van der Waals surface area contributed by atoms with Crippen LogP contribution in [0.4, 0.5) is 5.69 Å². The van der Waals surface area contributed by atoms with Crippen molar-refractivity contribution in [2.24, 2.45) is 5.92 Å². The standard InChI is InChI=1S/C24H23NO2/c26-22(18-10-4-1-5-11-18)17-16-21-23(19-12-6-2-7-13-19)25(24(21)27)20-14-8-3-9-15-20/h1-15,21-23,26H,16-17H2/t21-,22+,23-/m0/s1. The zero-order chi connectivity index (χ0) is 18.6. The van der Waals surface area contributed by atoms with Crippen molar-refractivity contribution in [3.63, 3.8) is 0 Å². The van der Waals surface area contributed by atoms with Gasteiger partial charge in [0.05, 0.1) is 18.1 Å². The number of nitrogens with zero attached hydrogens (tertiary/aromatic N) is 1. The third-order valence-corrected chi connectivity index (χ3v) is 5.32. The van der Waals surface area contributed by atoms with Gasteiger partial charge in [-0.05, 0) is 36.1 Å². The molecule has 136 valence electrons. The number of benzene rings is 3. The van der Waals surface area contributed by atoms with Crippen molar-refractivity contribution in [1.82, 2.24) is 0 Å². The van der Waals surface area contributed by atoms with Crippen LogP contribution in [0.15, 0.2) is 91.0 Å². The first kappa shape index (κ1) is 17.5. The van der Waals surface area contributed by atoms with Crippen LogP contribution in [0.5, 0.6) is 0 Å². The summed E-state index contributed by atoms with van der Waals surface area (Å²) in [6, 6.07) is 29.7. The first-order valence-electron chi connectivity index (χ1n) is 9.42. The Morgan fingerprint density at radius 1 is 0.815 bits per heavy atom. The van der Waals surface area contributed by atoms with Crippen molar-refractivity contribution in [3.8, 4) is 0 Å². The van der Waals surface area contributed by atoms with E-state index in [4.69, 9.17) is 0 Å². The molecule has 3 nitrogen and oxygen atoms in total. The van der Waals surface area contributed by atoms with Crippen molar-refractivity contribution >= 4 is 11.6 Å². The summed E-state index contributed by atoms with van der Waals surface area (Å²) in [6.07, 6.45) is 0.700. The quantitative estimate of drug-likeness (QED) is 0.637. The van der Waals surface area contributed by atoms with Crippen LogP contribution in [0.2, 0.25) is 0 Å². The Kier molecular flexibility index (Phi) is 5.03. The zero-order valence-corrected chi connectivity index (χ0v) is 15.1. The molecule has 0 saturated carbocycles. The number of β-lactam (4-membered cyclic amide) rings is 1. The van der Waals surface area contributed by atoms with Crippen LogP contribution in [0.3, 0.4) is 0 Å². The fourth-order valence-corrected chi connectivity index (χ4v) is 3.92. The van der Waals surface area contributed by atoms with Crippen LogP contribution in [0, 0.1) is 5.92 Å². The molecule has 3 atom stereocenters. The number of aliphatic hydroxyl groups is 1. The van der Waals surface area contributed by atoms with E-state index in [2.05, 4.69) is 12.1 Å². The Labute approximate surface area is 159 Å². The van der Waals surface area contributed by atoms with Crippen molar-refractivity contribution in [3.05, 3.63) is 102 Å². The number of hydrogen-bond acceptors (Lipinski definition) is 2. The predicted molar refractivity (Wildman–Crippen MR) is 107 cm³/mol. The summed E-state index contributed by atoms with van der Waals surface area (Å²) < 4.78 is 0. The molecule has 0 aromatic heterocycles. The van der Waals surface area contributed by atoms with E-state index in [0.717, 1.165) is 16.8 Å². The lowest BCUT2D eigenvalue weighted by molar-refractivity contribution is -0.131. The normalized spacial score (nSPS) is 20.2. The largest absolute Gasteiger partial charge is 0.388 e. The minimum Gasteiger partial charge on any atom is -0.388 e. The topological polar surface area (TPSA) is 40.5 Å². The Hall–Kier alpha value is -2.91. The second-order valence-electron chi connectivity index (χ2n) is 7.01. The van der Waals surface area contributed by atoms with Crippen LogP contribution in [0.25, 0.3) is 0 Å². The van der Waals surface area contributed by atoms with Gasteiger partial charge in [0, 0.05) is 5.69 Å². The molecule has 3 heteroatoms. The van der Waals surface area contributed by atoms with Crippen LogP contribution in [-0.2, 0) is 4.79 Å². The minimum atomic E-state index is -0.541. The van der Waals surface area contributed by atoms with E-state index in [1.807, 2.05) is 83.8 Å². The molecule has 0 radical (unpaired) electrons. The summed E-state index contributed by atoms with van der Waals surface area (Å²) in [5.41, 5.74) is 2.97. The van der Waals surface area contributed by atoms with Gasteiger partial charge in [-0.15, -0.1) is 0 Å². The summed E-state index contributed by atoms with van der Waals surface area (Å²) in [4.78, 5) is 14.8. The van der Waals surface area contributed by atoms with Crippen LogP contribution in [0.1, 0.15) is 36.1 Å². The summed E-state index contributed by atoms with van der Waals surface area (Å²) in [5.74, 6) is 0.0290. The molecule has 1 saturated heterocycles. The molecular formula is C24H23NO2. The number of carbonyl (C=O) groups is 1. The summed E-state index contributed by atoms with van der Waals surface area (Å²) >= 11 is 0. The fourth-order valence-electron chi connectivity index (χ4n) is 3.92. The number of anilines is 1. The van der Waals surface area contributed by atoms with Gasteiger partial charge in [0.15, 0.2) is 0 Å². The van der Waals surface area contributed by atoms with Gasteiger partial charge in [-0.3, -0.25) is 4.79 Å². The third-order valence-electron chi connectivity index (χ3n) is 5.32. The van der Waals surface area contributed by atoms with Crippen LogP contribution < -0.4 is 4.90 Å². The first-order chi connectivity index (χ1) is 13.3. The van der Waals surface area contributed by atoms with Gasteiger partial charge < -0.3 is 10.0 Å². The van der Waals surface area contributed by atoms with Gasteiger partial charge >= 0.3 is 0 Å². The molecule has 1 heterocycles. The second-order valence-corrected chi connectivity index (χ2v) is 7.01. The van der Waals surface area contributed by atoms with Crippen LogP contribution in [-0.4, -0.2) is 11.0 Å². The molecule has 1 N–H and O–H groups in total. The van der Waals surface area contributed by atoms with Gasteiger partial charge in [-0.2, -0.15) is 0 Å². The third kappa shape index (κ3) is 3.51. The summed E-state index contributed by atoms with van der Waals surface area (Å²) in [5, 5.41) is 10.5. The van der Waals surface area contributed by atoms with E-state index in [1.165, 1.54) is 0 Å². The van der Waals surface area contributed by atoms with Crippen molar-refractivity contribution in [2.75, 3.05) is 4.90 Å². The molecule has 3 aromatic carbocycles. The first-order valence-corrected chi connectivity index (χ1v) is 9.42. The lowest BCUT2D eigenvalue weighted by Crippen LogP contribution is -2.55. The molecule has 0 bridgehead atoms. The number of para-hydroxylation sites is 1. The van der Waals surface area contributed by atoms with Crippen LogP contribution >= 0.6 is 0 Å². The fraction of sp³-hybridized carbons (Fsp3) is 0.208. The maximum absolute atomic E-state index is 12.9. The Morgan fingerprint density at radius 2 is 1.37 bits per heavy atom. The van der Waals surface area contributed by atoms with Crippen molar-refractivity contribution in [2.45, 2.75) is 25.0 Å². The van der Waals surface area contributed by atoms with Gasteiger partial charge in [-0.1, -0.05) is 78.9 Å². The van der Waals surface area contributed by atoms with Crippen molar-refractivity contribution < 1.29 is 9.90 Å². The smallest absolute Gasteiger partial charge is 0.233 e. The predicted octanol–water partition coefficient (Wildman–Crippen LogP) is 4.90. The second kappa shape index (κ2) is 7.77. The highest BCUT2D eigenvalue weighted by Crippen LogP contribution is 2.46. The maximum Gasteiger partial charge on any atom is 0.233 e. The Bertz CT molecular complexity index is 880. The molecule has 1 aliphatic heterocycles. The molecule has 0 unspecified atom stereocenters. The monoisotopic (exact) mass is 357 g/mol. The van der Waals surface area contributed by atoms with Gasteiger partial charge in [-0.25, -0.2) is 0 Å². The molecule has 3 aromatic rings. The summed E-state index contributed by atoms with van der Waals surface area (Å²) in [7, 11) is 0. The lowest BCUT2D eigenvalue weighted by atomic mass is 9.78. The molecule has 1 aliphatic rings. The molecule has 27 heavy (non-hydrogen) atoms. The van der Waals surface area contributed by atoms with E-state index in [-0.39, 0.29) is 17.9 Å². The molecule has 4 rings (SSSR count). The van der Waals surface area contributed by atoms with E-state index < -0.39 is 6.10 Å². The highest BCUT2D eigenvalue weighted by Gasteiger charge is 2.48. The van der Waals surface area contributed by atoms with E-state index in [9.17, 15) is 9.90 Å². The average molecular weight is 357 g/mol. The van der Waals surface area contributed by atoms with E-state index in [1.54, 1.807) is 0 Å². The number of rotatable bonds is 6. The lowest BCUT2D eigenvalue weighted by Gasteiger charge is -2.48. The number of carbonyl (C=O) groups excluding carboxylic acids is 1. The average Bonchev–Trinajstić information content (AvgIpc) is 2.73. The highest BCUT2D eigenvalue weighted by molar-refractivity contribution is 6.03. The number of amides is 1. The van der Waals surface area contributed by atoms with E-state index in [0.29, 0.717) is 12.8 Å². The molecule has 0 spiro atoms. The minimum absolute atomic E-state index is 0.0177.